The van der Waals surface area contributed by atoms with Gasteiger partial charge in [0.2, 0.25) is 0 Å². The number of anilines is 1. The fourth-order valence-corrected chi connectivity index (χ4v) is 4.44. The van der Waals surface area contributed by atoms with Crippen LogP contribution in [0.1, 0.15) is 38.2 Å². The number of nitrogens with one attached hydrogen (secondary N) is 3. The molecule has 1 unspecified atom stereocenters. The summed E-state index contributed by atoms with van der Waals surface area (Å²) in [7, 11) is 0. The van der Waals surface area contributed by atoms with E-state index in [1.54, 1.807) is 6.33 Å². The molecule has 180 valence electrons. The van der Waals surface area contributed by atoms with Crippen molar-refractivity contribution in [1.29, 1.82) is 0 Å². The first-order valence-corrected chi connectivity index (χ1v) is 11.8. The second kappa shape index (κ2) is 9.03. The molecule has 0 aliphatic heterocycles. The normalized spacial score (nSPS) is 12.8. The van der Waals surface area contributed by atoms with Gasteiger partial charge >= 0.3 is 0 Å². The number of rotatable bonds is 8. The van der Waals surface area contributed by atoms with E-state index in [0.717, 1.165) is 39.5 Å². The van der Waals surface area contributed by atoms with Gasteiger partial charge in [0, 0.05) is 53.5 Å². The molecule has 4 heterocycles. The number of aromatic amines is 2. The zero-order chi connectivity index (χ0) is 24.6. The largest absolute Gasteiger partial charge is 0.396 e. The van der Waals surface area contributed by atoms with E-state index in [1.165, 1.54) is 11.1 Å². The van der Waals surface area contributed by atoms with Crippen molar-refractivity contribution in [2.45, 2.75) is 40.3 Å². The molecule has 1 aromatic carbocycles. The van der Waals surface area contributed by atoms with Gasteiger partial charge in [0.25, 0.3) is 0 Å². The zero-order valence-electron chi connectivity index (χ0n) is 20.5. The van der Waals surface area contributed by atoms with E-state index in [0.29, 0.717) is 6.54 Å². The highest BCUT2D eigenvalue weighted by atomic mass is 16.3. The van der Waals surface area contributed by atoms with Crippen LogP contribution in [0.15, 0.2) is 61.2 Å². The van der Waals surface area contributed by atoms with E-state index < -0.39 is 0 Å². The summed E-state index contributed by atoms with van der Waals surface area (Å²) in [6.07, 6.45) is 5.43. The molecule has 5 rings (SSSR count). The van der Waals surface area contributed by atoms with Crippen molar-refractivity contribution in [1.82, 2.24) is 29.7 Å². The number of nitrogens with zero attached hydrogens (tertiary/aromatic N) is 4. The summed E-state index contributed by atoms with van der Waals surface area (Å²) < 4.78 is 1.87. The van der Waals surface area contributed by atoms with Gasteiger partial charge in [-0.2, -0.15) is 5.10 Å². The van der Waals surface area contributed by atoms with Gasteiger partial charge in [-0.25, -0.2) is 9.97 Å². The summed E-state index contributed by atoms with van der Waals surface area (Å²) in [5.41, 5.74) is 6.82. The number of fused-ring (bicyclic) bond motifs is 1. The molecule has 4 N–H and O–H groups in total. The molecule has 35 heavy (non-hydrogen) atoms. The number of benzene rings is 1. The van der Waals surface area contributed by atoms with Crippen LogP contribution < -0.4 is 5.32 Å². The molecule has 0 saturated carbocycles. The fraction of sp³-hybridized carbons (Fsp3) is 0.296. The SMILES string of the molecule is Cc1cc(-c2ccccc2)c(C(C)Nc2ncnc3[nH]cc(-c4ccn(CC(C)(C)CO)n4)c23)[nH]1. The molecule has 0 aliphatic rings. The monoisotopic (exact) mass is 469 g/mol. The minimum atomic E-state index is -0.251. The van der Waals surface area contributed by atoms with E-state index in [9.17, 15) is 5.11 Å². The van der Waals surface area contributed by atoms with Crippen LogP contribution in [-0.4, -0.2) is 41.4 Å². The Bertz CT molecular complexity index is 1450. The van der Waals surface area contributed by atoms with Gasteiger partial charge in [-0.3, -0.25) is 4.68 Å². The van der Waals surface area contributed by atoms with Gasteiger partial charge in [0.15, 0.2) is 0 Å². The van der Waals surface area contributed by atoms with Crippen LogP contribution in [0.25, 0.3) is 33.4 Å². The van der Waals surface area contributed by atoms with Crippen LogP contribution in [0, 0.1) is 12.3 Å². The molecular formula is C27H31N7O. The molecular weight excluding hydrogens is 438 g/mol. The summed E-state index contributed by atoms with van der Waals surface area (Å²) in [6, 6.07) is 14.5. The number of aliphatic hydroxyl groups excluding tert-OH is 1. The van der Waals surface area contributed by atoms with E-state index in [4.69, 9.17) is 5.10 Å². The Kier molecular flexibility index (Phi) is 5.90. The van der Waals surface area contributed by atoms with Crippen LogP contribution in [0.4, 0.5) is 5.82 Å². The lowest BCUT2D eigenvalue weighted by Gasteiger charge is -2.21. The highest BCUT2D eigenvalue weighted by Crippen LogP contribution is 2.35. The van der Waals surface area contributed by atoms with Crippen molar-refractivity contribution in [3.63, 3.8) is 0 Å². The third-order valence-electron chi connectivity index (χ3n) is 6.26. The van der Waals surface area contributed by atoms with Gasteiger partial charge < -0.3 is 20.4 Å². The number of aromatic nitrogens is 6. The highest BCUT2D eigenvalue weighted by Gasteiger charge is 2.21. The minimum Gasteiger partial charge on any atom is -0.396 e. The van der Waals surface area contributed by atoms with Crippen molar-refractivity contribution < 1.29 is 5.11 Å². The minimum absolute atomic E-state index is 0.0253. The average molecular weight is 470 g/mol. The highest BCUT2D eigenvalue weighted by molar-refractivity contribution is 6.00. The fourth-order valence-electron chi connectivity index (χ4n) is 4.44. The second-order valence-corrected chi connectivity index (χ2v) is 9.88. The van der Waals surface area contributed by atoms with E-state index >= 15 is 0 Å². The maximum atomic E-state index is 9.62. The van der Waals surface area contributed by atoms with Crippen LogP contribution in [0.5, 0.6) is 0 Å². The summed E-state index contributed by atoms with van der Waals surface area (Å²) in [5.74, 6) is 0.746. The molecule has 8 heteroatoms. The smallest absolute Gasteiger partial charge is 0.143 e. The standard InChI is InChI=1S/C27H31N7O/c1-17-12-20(19-8-6-5-7-9-19)24(31-17)18(2)32-26-23-21(13-28-25(23)29-16-30-26)22-10-11-34(33-22)14-27(3,4)15-35/h5-13,16,18,31,35H,14-15H2,1-4H3,(H2,28,29,30,32). The molecule has 0 fully saturated rings. The van der Waals surface area contributed by atoms with E-state index in [-0.39, 0.29) is 18.1 Å². The molecule has 1 atom stereocenters. The van der Waals surface area contributed by atoms with Gasteiger partial charge in [0.1, 0.15) is 17.8 Å². The van der Waals surface area contributed by atoms with Crippen LogP contribution in [0.3, 0.4) is 0 Å². The number of H-pyrrole nitrogens is 2. The Morgan fingerprint density at radius 1 is 1.11 bits per heavy atom. The van der Waals surface area contributed by atoms with Crippen molar-refractivity contribution in [2.24, 2.45) is 5.41 Å². The predicted octanol–water partition coefficient (Wildman–Crippen LogP) is 5.32. The maximum Gasteiger partial charge on any atom is 0.143 e. The number of hydrogen-bond donors (Lipinski definition) is 4. The lowest BCUT2D eigenvalue weighted by Crippen LogP contribution is -2.24. The average Bonchev–Trinajstić information content (AvgIpc) is 3.58. The van der Waals surface area contributed by atoms with Crippen LogP contribution in [0.2, 0.25) is 0 Å². The Labute approximate surface area is 204 Å². The van der Waals surface area contributed by atoms with Gasteiger partial charge in [0.05, 0.1) is 17.1 Å². The topological polar surface area (TPSA) is 107 Å². The zero-order valence-corrected chi connectivity index (χ0v) is 20.5. The van der Waals surface area contributed by atoms with Crippen molar-refractivity contribution in [3.05, 3.63) is 72.6 Å². The van der Waals surface area contributed by atoms with E-state index in [2.05, 4.69) is 69.4 Å². The quantitative estimate of drug-likeness (QED) is 0.246. The Balaban J connectivity index is 1.49. The lowest BCUT2D eigenvalue weighted by molar-refractivity contribution is 0.136. The molecule has 4 aromatic heterocycles. The number of hydrogen-bond acceptors (Lipinski definition) is 5. The Hall–Kier alpha value is -3.91. The molecule has 0 spiro atoms. The molecule has 0 radical (unpaired) electrons. The first kappa shape index (κ1) is 22.9. The molecule has 0 saturated heterocycles. The van der Waals surface area contributed by atoms with Crippen molar-refractivity contribution in [3.8, 4) is 22.4 Å². The third-order valence-corrected chi connectivity index (χ3v) is 6.26. The molecule has 5 aromatic rings. The van der Waals surface area contributed by atoms with Gasteiger partial charge in [-0.05, 0) is 31.5 Å². The second-order valence-electron chi connectivity index (χ2n) is 9.88. The van der Waals surface area contributed by atoms with Gasteiger partial charge in [-0.1, -0.05) is 44.2 Å². The number of aliphatic hydroxyl groups is 1. The summed E-state index contributed by atoms with van der Waals surface area (Å²) >= 11 is 0. The van der Waals surface area contributed by atoms with Crippen molar-refractivity contribution >= 4 is 16.9 Å². The van der Waals surface area contributed by atoms with Crippen molar-refractivity contribution in [2.75, 3.05) is 11.9 Å². The van der Waals surface area contributed by atoms with Crippen LogP contribution in [-0.2, 0) is 6.54 Å². The molecule has 0 amide bonds. The van der Waals surface area contributed by atoms with E-state index in [1.807, 2.05) is 43.1 Å². The summed E-state index contributed by atoms with van der Waals surface area (Å²) in [6.45, 7) is 8.96. The summed E-state index contributed by atoms with van der Waals surface area (Å²) in [5, 5.41) is 18.9. The lowest BCUT2D eigenvalue weighted by atomic mass is 9.95. The Morgan fingerprint density at radius 2 is 1.91 bits per heavy atom. The molecule has 0 aliphatic carbocycles. The maximum absolute atomic E-state index is 9.62. The predicted molar refractivity (Wildman–Crippen MR) is 139 cm³/mol. The van der Waals surface area contributed by atoms with Gasteiger partial charge in [-0.15, -0.1) is 0 Å². The third kappa shape index (κ3) is 4.57. The van der Waals surface area contributed by atoms with Crippen LogP contribution >= 0.6 is 0 Å². The molecule has 0 bridgehead atoms. The first-order chi connectivity index (χ1) is 16.8. The Morgan fingerprint density at radius 3 is 2.69 bits per heavy atom. The molecule has 8 nitrogen and oxygen atoms in total. The number of aryl methyl sites for hydroxylation is 1. The first-order valence-electron chi connectivity index (χ1n) is 11.8. The summed E-state index contributed by atoms with van der Waals surface area (Å²) in [4.78, 5) is 15.8.